The number of allylic oxidation sites excluding steroid dienone is 4. The van der Waals surface area contributed by atoms with E-state index in [-0.39, 0.29) is 12.2 Å². The average Bonchev–Trinajstić information content (AvgIpc) is 2.43. The number of hydrogen-bond donors (Lipinski definition) is 2. The van der Waals surface area contributed by atoms with Gasteiger partial charge in [0.25, 0.3) is 0 Å². The van der Waals surface area contributed by atoms with Gasteiger partial charge in [0.15, 0.2) is 0 Å². The summed E-state index contributed by atoms with van der Waals surface area (Å²) in [5.41, 5.74) is 1.05. The highest BCUT2D eigenvalue weighted by Crippen LogP contribution is 2.38. The van der Waals surface area contributed by atoms with E-state index in [1.807, 2.05) is 13.8 Å². The summed E-state index contributed by atoms with van der Waals surface area (Å²) in [6.07, 6.45) is 8.73. The third kappa shape index (κ3) is 4.68. The molecule has 2 aliphatic rings. The number of hydrogen-bond acceptors (Lipinski definition) is 3. The molecule has 2 aliphatic heterocycles. The number of rotatable bonds is 1. The highest BCUT2D eigenvalue weighted by Gasteiger charge is 2.44. The molecule has 2 N–H and O–H groups in total. The van der Waals surface area contributed by atoms with Crippen molar-refractivity contribution in [3.63, 3.8) is 0 Å². The van der Waals surface area contributed by atoms with Crippen LogP contribution in [-0.2, 0) is 4.74 Å². The largest absolute Gasteiger partial charge is 0.387 e. The Bertz CT molecular complexity index is 471. The van der Waals surface area contributed by atoms with Crippen LogP contribution in [0.4, 0.5) is 0 Å². The van der Waals surface area contributed by atoms with E-state index in [0.717, 1.165) is 19.3 Å². The summed E-state index contributed by atoms with van der Waals surface area (Å²) >= 11 is 0. The molecule has 1 saturated heterocycles. The fourth-order valence-electron chi connectivity index (χ4n) is 3.65. The molecule has 2 rings (SSSR count). The van der Waals surface area contributed by atoms with Crippen LogP contribution in [0.2, 0.25) is 0 Å². The second-order valence-corrected chi connectivity index (χ2v) is 8.31. The van der Waals surface area contributed by atoms with Gasteiger partial charge in [-0.25, -0.2) is 0 Å². The molecule has 0 unspecified atom stereocenters. The molecule has 23 heavy (non-hydrogen) atoms. The van der Waals surface area contributed by atoms with E-state index < -0.39 is 11.2 Å². The molecule has 2 heterocycles. The van der Waals surface area contributed by atoms with E-state index >= 15 is 0 Å². The topological polar surface area (TPSA) is 49.7 Å². The van der Waals surface area contributed by atoms with Crippen LogP contribution in [0, 0.1) is 5.92 Å². The van der Waals surface area contributed by atoms with Gasteiger partial charge >= 0.3 is 0 Å². The maximum absolute atomic E-state index is 10.9. The van der Waals surface area contributed by atoms with Crippen molar-refractivity contribution in [2.24, 2.45) is 5.92 Å². The first-order chi connectivity index (χ1) is 10.6. The monoisotopic (exact) mass is 322 g/mol. The van der Waals surface area contributed by atoms with Crippen LogP contribution in [0.25, 0.3) is 0 Å². The molecule has 4 atom stereocenters. The minimum atomic E-state index is -0.847. The molecule has 0 saturated carbocycles. The minimum Gasteiger partial charge on any atom is -0.387 e. The second-order valence-electron chi connectivity index (χ2n) is 8.31. The van der Waals surface area contributed by atoms with Gasteiger partial charge < -0.3 is 14.9 Å². The Kier molecular flexibility index (Phi) is 5.76. The van der Waals surface area contributed by atoms with Gasteiger partial charge in [-0.05, 0) is 65.2 Å². The summed E-state index contributed by atoms with van der Waals surface area (Å²) in [6, 6.07) is 0. The standard InChI is InChI=1S/C20H34O3/c1-14(2)16-8-6-15(3)7-9-17-20(5,22)13-11-18(23-17)19(4,21)12-10-16/h6,8,14,17-18,21-22H,7,9-13H2,1-5H3/b15-6-,16-8+/t17-,18-,19+,20+/m1/s1. The molecule has 0 spiro atoms. The van der Waals surface area contributed by atoms with Crippen LogP contribution < -0.4 is 0 Å². The van der Waals surface area contributed by atoms with E-state index in [1.165, 1.54) is 11.1 Å². The summed E-state index contributed by atoms with van der Waals surface area (Å²) in [4.78, 5) is 0. The van der Waals surface area contributed by atoms with Crippen LogP contribution in [0.3, 0.4) is 0 Å². The predicted octanol–water partition coefficient (Wildman–Crippen LogP) is 4.14. The van der Waals surface area contributed by atoms with Gasteiger partial charge in [0.05, 0.1) is 23.4 Å². The lowest BCUT2D eigenvalue weighted by Gasteiger charge is -2.46. The lowest BCUT2D eigenvalue weighted by atomic mass is 9.79. The van der Waals surface area contributed by atoms with Crippen molar-refractivity contribution in [1.82, 2.24) is 0 Å². The van der Waals surface area contributed by atoms with E-state index in [4.69, 9.17) is 4.74 Å². The van der Waals surface area contributed by atoms with Crippen LogP contribution in [0.15, 0.2) is 23.3 Å². The average molecular weight is 322 g/mol. The third-order valence-electron chi connectivity index (χ3n) is 5.67. The Morgan fingerprint density at radius 1 is 1.00 bits per heavy atom. The molecule has 0 radical (unpaired) electrons. The van der Waals surface area contributed by atoms with Crippen LogP contribution in [0.1, 0.15) is 73.1 Å². The molecule has 0 aromatic rings. The fraction of sp³-hybridized carbons (Fsp3) is 0.800. The molecular formula is C20H34O3. The number of aliphatic hydroxyl groups is 2. The highest BCUT2D eigenvalue weighted by molar-refractivity contribution is 5.19. The van der Waals surface area contributed by atoms with Gasteiger partial charge in [0, 0.05) is 0 Å². The zero-order valence-electron chi connectivity index (χ0n) is 15.4. The number of fused-ring (bicyclic) bond motifs is 2. The predicted molar refractivity (Wildman–Crippen MR) is 94.3 cm³/mol. The van der Waals surface area contributed by atoms with Crippen molar-refractivity contribution in [2.45, 2.75) is 96.6 Å². The van der Waals surface area contributed by atoms with Gasteiger partial charge in [-0.1, -0.05) is 37.1 Å². The third-order valence-corrected chi connectivity index (χ3v) is 5.67. The molecular weight excluding hydrogens is 288 g/mol. The Morgan fingerprint density at radius 3 is 2.26 bits per heavy atom. The Hall–Kier alpha value is -0.640. The van der Waals surface area contributed by atoms with Crippen LogP contribution in [-0.4, -0.2) is 33.6 Å². The lowest BCUT2D eigenvalue weighted by Crippen LogP contribution is -2.54. The minimum absolute atomic E-state index is 0.190. The Balaban J connectivity index is 2.28. The van der Waals surface area contributed by atoms with E-state index in [9.17, 15) is 10.2 Å². The van der Waals surface area contributed by atoms with Crippen molar-refractivity contribution in [1.29, 1.82) is 0 Å². The SMILES string of the molecule is C/C1=C/C=C(/C(C)C)CC[C@](C)(O)[C@H]2CC[C@](C)(O)[C@@H](CC1)O2. The maximum Gasteiger partial charge on any atom is 0.0883 e. The van der Waals surface area contributed by atoms with E-state index in [1.54, 1.807) is 0 Å². The Morgan fingerprint density at radius 2 is 1.61 bits per heavy atom. The normalized spacial score (nSPS) is 44.5. The molecule has 3 heteroatoms. The molecule has 2 bridgehead atoms. The first-order valence-electron chi connectivity index (χ1n) is 9.08. The van der Waals surface area contributed by atoms with Gasteiger partial charge in [-0.3, -0.25) is 0 Å². The fourth-order valence-corrected chi connectivity index (χ4v) is 3.65. The molecule has 132 valence electrons. The summed E-state index contributed by atoms with van der Waals surface area (Å²) < 4.78 is 6.19. The first kappa shape index (κ1) is 18.7. The number of ether oxygens (including phenoxy) is 1. The quantitative estimate of drug-likeness (QED) is 0.763. The van der Waals surface area contributed by atoms with Crippen molar-refractivity contribution in [2.75, 3.05) is 0 Å². The molecule has 0 aromatic heterocycles. The van der Waals surface area contributed by atoms with Crippen LogP contribution in [0.5, 0.6) is 0 Å². The van der Waals surface area contributed by atoms with Crippen molar-refractivity contribution in [3.05, 3.63) is 23.3 Å². The van der Waals surface area contributed by atoms with Crippen LogP contribution >= 0.6 is 0 Å². The van der Waals surface area contributed by atoms with Crippen molar-refractivity contribution >= 4 is 0 Å². The molecule has 1 fully saturated rings. The summed E-state index contributed by atoms with van der Waals surface area (Å²) in [5.74, 6) is 0.485. The maximum atomic E-state index is 10.9. The zero-order valence-corrected chi connectivity index (χ0v) is 15.4. The highest BCUT2D eigenvalue weighted by atomic mass is 16.5. The van der Waals surface area contributed by atoms with Crippen molar-refractivity contribution < 1.29 is 14.9 Å². The van der Waals surface area contributed by atoms with Gasteiger partial charge in [-0.15, -0.1) is 0 Å². The lowest BCUT2D eigenvalue weighted by molar-refractivity contribution is -0.216. The van der Waals surface area contributed by atoms with Gasteiger partial charge in [0.2, 0.25) is 0 Å². The summed E-state index contributed by atoms with van der Waals surface area (Å²) in [5, 5.41) is 21.6. The smallest absolute Gasteiger partial charge is 0.0883 e. The van der Waals surface area contributed by atoms with Gasteiger partial charge in [-0.2, -0.15) is 0 Å². The second kappa shape index (κ2) is 7.08. The first-order valence-corrected chi connectivity index (χ1v) is 9.08. The van der Waals surface area contributed by atoms with E-state index in [0.29, 0.717) is 25.2 Å². The zero-order chi connectivity index (χ0) is 17.3. The molecule has 3 nitrogen and oxygen atoms in total. The van der Waals surface area contributed by atoms with E-state index in [2.05, 4.69) is 32.9 Å². The molecule has 0 amide bonds. The van der Waals surface area contributed by atoms with Crippen molar-refractivity contribution in [3.8, 4) is 0 Å². The Labute approximate surface area is 141 Å². The van der Waals surface area contributed by atoms with Gasteiger partial charge in [0.1, 0.15) is 0 Å². The molecule has 0 aromatic carbocycles. The molecule has 0 aliphatic carbocycles. The summed E-state index contributed by atoms with van der Waals surface area (Å²) in [7, 11) is 0. The summed E-state index contributed by atoms with van der Waals surface area (Å²) in [6.45, 7) is 10.3.